The molecule has 86 valence electrons. The van der Waals surface area contributed by atoms with Crippen LogP contribution in [-0.4, -0.2) is 15.3 Å². The Morgan fingerprint density at radius 3 is 2.62 bits per heavy atom. The van der Waals surface area contributed by atoms with E-state index >= 15 is 0 Å². The normalized spacial score (nSPS) is 15.6. The predicted octanol–water partition coefficient (Wildman–Crippen LogP) is 4.06. The maximum absolute atomic E-state index is 6.28. The van der Waals surface area contributed by atoms with Crippen molar-refractivity contribution in [2.45, 2.75) is 32.1 Å². The number of nitrogens with zero attached hydrogens (tertiary/aromatic N) is 2. The average molecular weight is 255 g/mol. The second-order valence-electron chi connectivity index (χ2n) is 4.35. The molecule has 4 heteroatoms. The minimum absolute atomic E-state index is 0.0815. The Balaban J connectivity index is 2.56. The molecule has 0 saturated heterocycles. The van der Waals surface area contributed by atoms with Gasteiger partial charge in [-0.1, -0.05) is 13.8 Å². The van der Waals surface area contributed by atoms with Gasteiger partial charge in [0.15, 0.2) is 0 Å². The van der Waals surface area contributed by atoms with Crippen LogP contribution in [0.15, 0.2) is 17.8 Å². The number of thiophene rings is 1. The van der Waals surface area contributed by atoms with E-state index in [-0.39, 0.29) is 11.3 Å². The highest BCUT2D eigenvalue weighted by Gasteiger charge is 2.24. The van der Waals surface area contributed by atoms with E-state index in [0.717, 1.165) is 15.9 Å². The van der Waals surface area contributed by atoms with Crippen LogP contribution < -0.4 is 0 Å². The van der Waals surface area contributed by atoms with Crippen molar-refractivity contribution in [1.29, 1.82) is 0 Å². The first-order chi connectivity index (χ1) is 7.61. The fraction of sp³-hybridized carbons (Fsp3) is 0.500. The molecule has 0 spiro atoms. The van der Waals surface area contributed by atoms with Crippen LogP contribution in [0.25, 0.3) is 10.2 Å². The molecule has 0 saturated carbocycles. The quantitative estimate of drug-likeness (QED) is 0.772. The molecule has 2 heterocycles. The van der Waals surface area contributed by atoms with E-state index in [1.165, 1.54) is 0 Å². The van der Waals surface area contributed by atoms with E-state index in [0.29, 0.717) is 5.92 Å². The first-order valence-corrected chi connectivity index (χ1v) is 6.75. The topological polar surface area (TPSA) is 25.8 Å². The number of rotatable bonds is 3. The highest BCUT2D eigenvalue weighted by molar-refractivity contribution is 7.16. The van der Waals surface area contributed by atoms with Gasteiger partial charge in [0.25, 0.3) is 0 Å². The SMILES string of the molecule is CC(C)C(c1ncnc2sccc12)C(C)Cl. The summed E-state index contributed by atoms with van der Waals surface area (Å²) >= 11 is 7.93. The number of fused-ring (bicyclic) bond motifs is 1. The molecule has 2 unspecified atom stereocenters. The summed E-state index contributed by atoms with van der Waals surface area (Å²) in [4.78, 5) is 9.75. The molecule has 16 heavy (non-hydrogen) atoms. The standard InChI is InChI=1S/C12H15ClN2S/c1-7(2)10(8(3)13)11-9-4-5-16-12(9)15-6-14-11/h4-8,10H,1-3H3. The van der Waals surface area contributed by atoms with Crippen LogP contribution in [0.5, 0.6) is 0 Å². The Kier molecular flexibility index (Phi) is 3.45. The van der Waals surface area contributed by atoms with Crippen molar-refractivity contribution in [2.75, 3.05) is 0 Å². The third kappa shape index (κ3) is 2.06. The van der Waals surface area contributed by atoms with Crippen LogP contribution in [0.1, 0.15) is 32.4 Å². The van der Waals surface area contributed by atoms with Crippen LogP contribution in [0.2, 0.25) is 0 Å². The molecule has 2 nitrogen and oxygen atoms in total. The summed E-state index contributed by atoms with van der Waals surface area (Å²) in [7, 11) is 0. The maximum atomic E-state index is 6.28. The summed E-state index contributed by atoms with van der Waals surface area (Å²) in [5.74, 6) is 0.757. The number of hydrogen-bond donors (Lipinski definition) is 0. The zero-order valence-electron chi connectivity index (χ0n) is 9.64. The van der Waals surface area contributed by atoms with Crippen molar-refractivity contribution < 1.29 is 0 Å². The molecule has 2 aromatic heterocycles. The van der Waals surface area contributed by atoms with Crippen molar-refractivity contribution in [3.63, 3.8) is 0 Å². The lowest BCUT2D eigenvalue weighted by atomic mass is 9.88. The van der Waals surface area contributed by atoms with Crippen LogP contribution in [-0.2, 0) is 0 Å². The summed E-state index contributed by atoms with van der Waals surface area (Å²) in [5, 5.41) is 3.29. The van der Waals surface area contributed by atoms with E-state index in [9.17, 15) is 0 Å². The van der Waals surface area contributed by atoms with Crippen LogP contribution in [0, 0.1) is 5.92 Å². The maximum Gasteiger partial charge on any atom is 0.126 e. The Morgan fingerprint density at radius 2 is 2.00 bits per heavy atom. The fourth-order valence-electron chi connectivity index (χ4n) is 2.14. The van der Waals surface area contributed by atoms with Gasteiger partial charge in [0.05, 0.1) is 5.69 Å². The largest absolute Gasteiger partial charge is 0.240 e. The number of halogens is 1. The van der Waals surface area contributed by atoms with Gasteiger partial charge in [0, 0.05) is 16.7 Å². The van der Waals surface area contributed by atoms with E-state index in [1.54, 1.807) is 17.7 Å². The molecule has 0 fully saturated rings. The van der Waals surface area contributed by atoms with E-state index in [4.69, 9.17) is 11.6 Å². The molecule has 0 aromatic carbocycles. The van der Waals surface area contributed by atoms with Crippen LogP contribution >= 0.6 is 22.9 Å². The summed E-state index contributed by atoms with van der Waals surface area (Å²) in [6, 6.07) is 2.09. The minimum atomic E-state index is 0.0815. The highest BCUT2D eigenvalue weighted by Crippen LogP contribution is 2.34. The third-order valence-electron chi connectivity index (χ3n) is 2.82. The molecule has 0 amide bonds. The molecule has 2 rings (SSSR count). The fourth-order valence-corrected chi connectivity index (χ4v) is 3.29. The van der Waals surface area contributed by atoms with Gasteiger partial charge < -0.3 is 0 Å². The highest BCUT2D eigenvalue weighted by atomic mass is 35.5. The van der Waals surface area contributed by atoms with E-state index < -0.39 is 0 Å². The monoisotopic (exact) mass is 254 g/mol. The molecule has 0 bridgehead atoms. The first-order valence-electron chi connectivity index (χ1n) is 5.43. The molecule has 0 aliphatic rings. The number of hydrogen-bond acceptors (Lipinski definition) is 3. The van der Waals surface area contributed by atoms with Crippen LogP contribution in [0.3, 0.4) is 0 Å². The van der Waals surface area contributed by atoms with Crippen molar-refractivity contribution in [3.8, 4) is 0 Å². The van der Waals surface area contributed by atoms with Gasteiger partial charge in [0.2, 0.25) is 0 Å². The first kappa shape index (κ1) is 11.8. The smallest absolute Gasteiger partial charge is 0.126 e. The summed E-state index contributed by atoms with van der Waals surface area (Å²) in [6.45, 7) is 6.40. The van der Waals surface area contributed by atoms with Crippen molar-refractivity contribution in [1.82, 2.24) is 9.97 Å². The lowest BCUT2D eigenvalue weighted by molar-refractivity contribution is 0.483. The minimum Gasteiger partial charge on any atom is -0.240 e. The van der Waals surface area contributed by atoms with Gasteiger partial charge >= 0.3 is 0 Å². The average Bonchev–Trinajstić information content (AvgIpc) is 2.65. The van der Waals surface area contributed by atoms with E-state index in [2.05, 4.69) is 35.3 Å². The lowest BCUT2D eigenvalue weighted by Gasteiger charge is -2.23. The molecule has 2 aromatic rings. The van der Waals surface area contributed by atoms with Gasteiger partial charge in [-0.2, -0.15) is 0 Å². The van der Waals surface area contributed by atoms with Gasteiger partial charge in [-0.05, 0) is 24.3 Å². The number of aromatic nitrogens is 2. The molecule has 2 atom stereocenters. The zero-order chi connectivity index (χ0) is 11.7. The summed E-state index contributed by atoms with van der Waals surface area (Å²) in [5.41, 5.74) is 1.09. The Morgan fingerprint density at radius 1 is 1.25 bits per heavy atom. The molecular formula is C12H15ClN2S. The molecule has 0 aliphatic heterocycles. The Labute approximate surface area is 105 Å². The van der Waals surface area contributed by atoms with Crippen molar-refractivity contribution >= 4 is 33.2 Å². The predicted molar refractivity (Wildman–Crippen MR) is 70.3 cm³/mol. The third-order valence-corrected chi connectivity index (χ3v) is 3.91. The Bertz CT molecular complexity index is 471. The number of alkyl halides is 1. The van der Waals surface area contributed by atoms with Gasteiger partial charge in [-0.15, -0.1) is 22.9 Å². The van der Waals surface area contributed by atoms with Crippen LogP contribution in [0.4, 0.5) is 0 Å². The molecular weight excluding hydrogens is 240 g/mol. The van der Waals surface area contributed by atoms with Crippen molar-refractivity contribution in [3.05, 3.63) is 23.5 Å². The van der Waals surface area contributed by atoms with E-state index in [1.807, 2.05) is 6.92 Å². The van der Waals surface area contributed by atoms with Crippen molar-refractivity contribution in [2.24, 2.45) is 5.92 Å². The van der Waals surface area contributed by atoms with Gasteiger partial charge in [-0.3, -0.25) is 0 Å². The second-order valence-corrected chi connectivity index (χ2v) is 5.93. The summed E-state index contributed by atoms with van der Waals surface area (Å²) in [6.07, 6.45) is 1.64. The van der Waals surface area contributed by atoms with Gasteiger partial charge in [0.1, 0.15) is 11.2 Å². The molecule has 0 N–H and O–H groups in total. The molecule has 0 aliphatic carbocycles. The van der Waals surface area contributed by atoms with Gasteiger partial charge in [-0.25, -0.2) is 9.97 Å². The lowest BCUT2D eigenvalue weighted by Crippen LogP contribution is -2.17. The molecule has 0 radical (unpaired) electrons. The zero-order valence-corrected chi connectivity index (χ0v) is 11.2. The Hall–Kier alpha value is -0.670. The summed E-state index contributed by atoms with van der Waals surface area (Å²) < 4.78 is 0. The second kappa shape index (κ2) is 4.68.